The Morgan fingerprint density at radius 1 is 0.947 bits per heavy atom. The van der Waals surface area contributed by atoms with Crippen LogP contribution < -0.4 is 0 Å². The molecule has 0 aliphatic rings. The molecular formula is C11H29N2O4PS. The van der Waals surface area contributed by atoms with Crippen molar-refractivity contribution in [2.75, 3.05) is 46.6 Å². The van der Waals surface area contributed by atoms with Crippen molar-refractivity contribution in [3.05, 3.63) is 0 Å². The topological polar surface area (TPSA) is 72.9 Å². The standard InChI is InChI=1S/C10H26N2P.CH4O4S/c1-7-11(8-2)13(5,6)12(9-3)10-4;1-5-6(2,3)4/h7-10H2,1-6H3;1H3,(H,2,3,4)/q+1;/p-1. The van der Waals surface area contributed by atoms with Crippen LogP contribution in [-0.2, 0) is 14.6 Å². The van der Waals surface area contributed by atoms with Gasteiger partial charge in [0.15, 0.2) is 0 Å². The van der Waals surface area contributed by atoms with Crippen molar-refractivity contribution < 1.29 is 17.2 Å². The zero-order chi connectivity index (χ0) is 15.7. The van der Waals surface area contributed by atoms with E-state index in [2.05, 4.69) is 54.5 Å². The van der Waals surface area contributed by atoms with E-state index < -0.39 is 18.0 Å². The molecule has 0 heterocycles. The first-order valence-corrected chi connectivity index (χ1v) is 10.4. The highest BCUT2D eigenvalue weighted by molar-refractivity contribution is 7.80. The minimum atomic E-state index is -4.41. The molecular weight excluding hydrogens is 287 g/mol. The highest BCUT2D eigenvalue weighted by Gasteiger charge is 2.37. The zero-order valence-corrected chi connectivity index (χ0v) is 14.9. The van der Waals surface area contributed by atoms with Gasteiger partial charge >= 0.3 is 0 Å². The van der Waals surface area contributed by atoms with Gasteiger partial charge in [-0.2, -0.15) is 9.34 Å². The largest absolute Gasteiger partial charge is 0.726 e. The lowest BCUT2D eigenvalue weighted by Crippen LogP contribution is -2.35. The van der Waals surface area contributed by atoms with Crippen LogP contribution in [0, 0.1) is 0 Å². The van der Waals surface area contributed by atoms with Crippen LogP contribution in [0.1, 0.15) is 27.7 Å². The molecule has 8 heteroatoms. The smallest absolute Gasteiger partial charge is 0.217 e. The summed E-state index contributed by atoms with van der Waals surface area (Å²) in [5.74, 6) is 0. The fourth-order valence-electron chi connectivity index (χ4n) is 2.01. The summed E-state index contributed by atoms with van der Waals surface area (Å²) in [5.41, 5.74) is 0. The molecule has 0 saturated heterocycles. The van der Waals surface area contributed by atoms with Gasteiger partial charge in [0, 0.05) is 26.2 Å². The van der Waals surface area contributed by atoms with Crippen molar-refractivity contribution in [2.45, 2.75) is 27.7 Å². The summed E-state index contributed by atoms with van der Waals surface area (Å²) in [6.07, 6.45) is 0. The number of hydrogen-bond donors (Lipinski definition) is 0. The molecule has 118 valence electrons. The molecule has 0 spiro atoms. The fourth-order valence-corrected chi connectivity index (χ4v) is 5.14. The third-order valence-corrected chi connectivity index (χ3v) is 7.36. The van der Waals surface area contributed by atoms with E-state index in [1.54, 1.807) is 0 Å². The SMILES string of the molecule is CCN(CC)[P+](C)(C)N(CC)CC.COS(=O)(=O)[O-]. The van der Waals surface area contributed by atoms with E-state index >= 15 is 0 Å². The van der Waals surface area contributed by atoms with Crippen LogP contribution in [0.2, 0.25) is 0 Å². The molecule has 0 aliphatic carbocycles. The van der Waals surface area contributed by atoms with Crippen LogP contribution in [0.3, 0.4) is 0 Å². The molecule has 0 fully saturated rings. The van der Waals surface area contributed by atoms with Crippen LogP contribution in [0.5, 0.6) is 0 Å². The molecule has 0 N–H and O–H groups in total. The molecule has 0 atom stereocenters. The lowest BCUT2D eigenvalue weighted by Gasteiger charge is -2.36. The summed E-state index contributed by atoms with van der Waals surface area (Å²) in [5, 5.41) is 0. The average molecular weight is 316 g/mol. The average Bonchev–Trinajstić information content (AvgIpc) is 2.31. The van der Waals surface area contributed by atoms with Gasteiger partial charge in [0.2, 0.25) is 10.4 Å². The molecule has 0 amide bonds. The first kappa shape index (κ1) is 21.5. The van der Waals surface area contributed by atoms with Gasteiger partial charge < -0.3 is 4.55 Å². The third-order valence-electron chi connectivity index (χ3n) is 3.05. The maximum atomic E-state index is 9.22. The monoisotopic (exact) mass is 316 g/mol. The summed E-state index contributed by atoms with van der Waals surface area (Å²) in [6, 6.07) is 0. The molecule has 0 aliphatic heterocycles. The first-order chi connectivity index (χ1) is 8.60. The lowest BCUT2D eigenvalue weighted by molar-refractivity contribution is 0.314. The Morgan fingerprint density at radius 2 is 1.16 bits per heavy atom. The second kappa shape index (κ2) is 10.0. The van der Waals surface area contributed by atoms with Crippen LogP contribution >= 0.6 is 7.56 Å². The fraction of sp³-hybridized carbons (Fsp3) is 1.00. The van der Waals surface area contributed by atoms with Crippen LogP contribution in [0.4, 0.5) is 0 Å². The Kier molecular flexibility index (Phi) is 11.3. The molecule has 19 heavy (non-hydrogen) atoms. The van der Waals surface area contributed by atoms with E-state index in [-0.39, 0.29) is 0 Å². The van der Waals surface area contributed by atoms with Gasteiger partial charge in [-0.15, -0.1) is 0 Å². The van der Waals surface area contributed by atoms with Gasteiger partial charge in [0.1, 0.15) is 7.56 Å². The number of rotatable bonds is 7. The molecule has 0 bridgehead atoms. The van der Waals surface area contributed by atoms with Crippen LogP contribution in [0.25, 0.3) is 0 Å². The molecule has 0 rings (SSSR count). The van der Waals surface area contributed by atoms with Crippen molar-refractivity contribution in [3.63, 3.8) is 0 Å². The summed E-state index contributed by atoms with van der Waals surface area (Å²) in [6.45, 7) is 18.6. The molecule has 0 saturated carbocycles. The predicted molar refractivity (Wildman–Crippen MR) is 81.3 cm³/mol. The maximum absolute atomic E-state index is 9.22. The van der Waals surface area contributed by atoms with E-state index in [0.717, 1.165) is 7.11 Å². The number of hydrogen-bond acceptors (Lipinski definition) is 6. The van der Waals surface area contributed by atoms with Crippen molar-refractivity contribution in [1.82, 2.24) is 9.34 Å². The Hall–Kier alpha value is 0.220. The molecule has 0 radical (unpaired) electrons. The molecule has 0 unspecified atom stereocenters. The minimum Gasteiger partial charge on any atom is -0.726 e. The minimum absolute atomic E-state index is 0.808. The van der Waals surface area contributed by atoms with Crippen molar-refractivity contribution in [3.8, 4) is 0 Å². The summed E-state index contributed by atoms with van der Waals surface area (Å²) >= 11 is 0. The zero-order valence-electron chi connectivity index (χ0n) is 13.2. The van der Waals surface area contributed by atoms with E-state index in [4.69, 9.17) is 0 Å². The van der Waals surface area contributed by atoms with Crippen molar-refractivity contribution >= 4 is 18.0 Å². The Balaban J connectivity index is 0. The first-order valence-electron chi connectivity index (χ1n) is 6.46. The van der Waals surface area contributed by atoms with Crippen LogP contribution in [0.15, 0.2) is 0 Å². The van der Waals surface area contributed by atoms with Gasteiger partial charge in [-0.05, 0) is 27.7 Å². The molecule has 6 nitrogen and oxygen atoms in total. The second-order valence-electron chi connectivity index (χ2n) is 4.19. The second-order valence-corrected chi connectivity index (χ2v) is 9.14. The summed E-state index contributed by atoms with van der Waals surface area (Å²) in [4.78, 5) is 0. The van der Waals surface area contributed by atoms with Gasteiger partial charge in [-0.1, -0.05) is 0 Å². The van der Waals surface area contributed by atoms with Crippen molar-refractivity contribution in [1.29, 1.82) is 0 Å². The van der Waals surface area contributed by atoms with Crippen LogP contribution in [-0.4, -0.2) is 68.9 Å². The third kappa shape index (κ3) is 8.89. The van der Waals surface area contributed by atoms with Gasteiger partial charge in [0.25, 0.3) is 0 Å². The van der Waals surface area contributed by atoms with E-state index in [1.165, 1.54) is 26.2 Å². The number of nitrogens with zero attached hydrogens (tertiary/aromatic N) is 2. The highest BCUT2D eigenvalue weighted by atomic mass is 32.3. The molecule has 0 aromatic rings. The predicted octanol–water partition coefficient (Wildman–Crippen LogP) is 1.87. The lowest BCUT2D eigenvalue weighted by atomic mass is 10.7. The molecule has 0 aromatic heterocycles. The van der Waals surface area contributed by atoms with E-state index in [1.807, 2.05) is 0 Å². The maximum Gasteiger partial charge on any atom is 0.217 e. The van der Waals surface area contributed by atoms with Gasteiger partial charge in [-0.25, -0.2) is 8.42 Å². The summed E-state index contributed by atoms with van der Waals surface area (Å²) < 4.78 is 36.2. The van der Waals surface area contributed by atoms with Crippen molar-refractivity contribution in [2.24, 2.45) is 0 Å². The Morgan fingerprint density at radius 3 is 1.26 bits per heavy atom. The van der Waals surface area contributed by atoms with Gasteiger partial charge in [-0.3, -0.25) is 4.18 Å². The van der Waals surface area contributed by atoms with E-state index in [0.29, 0.717) is 0 Å². The Labute approximate surface area is 119 Å². The highest BCUT2D eigenvalue weighted by Crippen LogP contribution is 2.57. The normalized spacial score (nSPS) is 12.5. The molecule has 0 aromatic carbocycles. The van der Waals surface area contributed by atoms with Gasteiger partial charge in [0.05, 0.1) is 20.4 Å². The van der Waals surface area contributed by atoms with E-state index in [9.17, 15) is 13.0 Å². The quantitative estimate of drug-likeness (QED) is 0.405. The summed E-state index contributed by atoms with van der Waals surface area (Å²) in [7, 11) is -4.60. The Bertz CT molecular complexity index is 301.